The van der Waals surface area contributed by atoms with E-state index in [9.17, 15) is 18.8 Å². The molecule has 0 unspecified atom stereocenters. The van der Waals surface area contributed by atoms with Crippen LogP contribution in [0.1, 0.15) is 23.2 Å². The standard InChI is InChI=1S/C23H23FN4O3/c1-2-10-25-23(31)26-15-9-11-28-20(13-15)21(29)27-19-8-7-14(12-17(19)22(28)30)16-5-3-4-6-18(16)24/h2-8,12,15,20H,1,9-11,13H2,(H,27,29)(H2,25,26,31)/t15-,20-/m0/s1. The molecule has 0 radical (unpaired) electrons. The number of nitrogens with one attached hydrogen (secondary N) is 3. The number of anilines is 1. The van der Waals surface area contributed by atoms with Crippen molar-refractivity contribution in [3.63, 3.8) is 0 Å². The Kier molecular flexibility index (Phi) is 5.70. The number of fused-ring (bicyclic) bond motifs is 2. The molecule has 31 heavy (non-hydrogen) atoms. The van der Waals surface area contributed by atoms with Crippen LogP contribution in [0.5, 0.6) is 0 Å². The fourth-order valence-corrected chi connectivity index (χ4v) is 4.05. The Hall–Kier alpha value is -3.68. The van der Waals surface area contributed by atoms with Gasteiger partial charge in [-0.3, -0.25) is 9.59 Å². The first-order valence-corrected chi connectivity index (χ1v) is 10.1. The van der Waals surface area contributed by atoms with Crippen molar-refractivity contribution in [3.8, 4) is 11.1 Å². The van der Waals surface area contributed by atoms with Gasteiger partial charge < -0.3 is 20.9 Å². The number of benzene rings is 2. The van der Waals surface area contributed by atoms with Crippen molar-refractivity contribution in [2.45, 2.75) is 24.9 Å². The summed E-state index contributed by atoms with van der Waals surface area (Å²) in [6, 6.07) is 10.0. The maximum Gasteiger partial charge on any atom is 0.315 e. The Morgan fingerprint density at radius 2 is 2.03 bits per heavy atom. The van der Waals surface area contributed by atoms with Crippen molar-refractivity contribution >= 4 is 23.5 Å². The zero-order valence-corrected chi connectivity index (χ0v) is 16.9. The average molecular weight is 422 g/mol. The third-order valence-electron chi connectivity index (χ3n) is 5.60. The van der Waals surface area contributed by atoms with E-state index in [1.54, 1.807) is 42.5 Å². The predicted molar refractivity (Wildman–Crippen MR) is 115 cm³/mol. The van der Waals surface area contributed by atoms with Crippen molar-refractivity contribution in [2.75, 3.05) is 18.4 Å². The summed E-state index contributed by atoms with van der Waals surface area (Å²) in [5, 5.41) is 8.30. The fourth-order valence-electron chi connectivity index (χ4n) is 4.05. The summed E-state index contributed by atoms with van der Waals surface area (Å²) in [6.45, 7) is 4.22. The second-order valence-electron chi connectivity index (χ2n) is 7.61. The highest BCUT2D eigenvalue weighted by molar-refractivity contribution is 6.10. The quantitative estimate of drug-likeness (QED) is 0.662. The van der Waals surface area contributed by atoms with Crippen LogP contribution in [0.4, 0.5) is 14.9 Å². The number of carbonyl (C=O) groups is 3. The van der Waals surface area contributed by atoms with Crippen LogP contribution in [0.15, 0.2) is 55.1 Å². The largest absolute Gasteiger partial charge is 0.335 e. The van der Waals surface area contributed by atoms with Crippen LogP contribution < -0.4 is 16.0 Å². The van der Waals surface area contributed by atoms with E-state index < -0.39 is 6.04 Å². The second kappa shape index (κ2) is 8.59. The van der Waals surface area contributed by atoms with E-state index in [2.05, 4.69) is 22.5 Å². The topological polar surface area (TPSA) is 90.5 Å². The highest BCUT2D eigenvalue weighted by Crippen LogP contribution is 2.32. The zero-order chi connectivity index (χ0) is 22.0. The summed E-state index contributed by atoms with van der Waals surface area (Å²) in [4.78, 5) is 39.6. The maximum absolute atomic E-state index is 14.2. The van der Waals surface area contributed by atoms with E-state index in [0.29, 0.717) is 48.3 Å². The fraction of sp³-hybridized carbons (Fsp3) is 0.261. The normalized spacial score (nSPS) is 20.1. The molecule has 2 aliphatic rings. The van der Waals surface area contributed by atoms with Gasteiger partial charge >= 0.3 is 6.03 Å². The van der Waals surface area contributed by atoms with Crippen LogP contribution in [-0.2, 0) is 4.79 Å². The van der Waals surface area contributed by atoms with E-state index in [1.807, 2.05) is 0 Å². The Morgan fingerprint density at radius 1 is 1.23 bits per heavy atom. The van der Waals surface area contributed by atoms with Crippen LogP contribution in [0, 0.1) is 5.82 Å². The summed E-state index contributed by atoms with van der Waals surface area (Å²) in [7, 11) is 0. The van der Waals surface area contributed by atoms with Crippen molar-refractivity contribution in [3.05, 3.63) is 66.5 Å². The monoisotopic (exact) mass is 422 g/mol. The number of urea groups is 1. The van der Waals surface area contributed by atoms with Gasteiger partial charge in [0.1, 0.15) is 11.9 Å². The van der Waals surface area contributed by atoms with Gasteiger partial charge in [-0.2, -0.15) is 0 Å². The molecule has 1 saturated heterocycles. The summed E-state index contributed by atoms with van der Waals surface area (Å²) in [5.41, 5.74) is 1.68. The number of nitrogens with zero attached hydrogens (tertiary/aromatic N) is 1. The number of hydrogen-bond donors (Lipinski definition) is 3. The molecular weight excluding hydrogens is 399 g/mol. The molecule has 0 bridgehead atoms. The Labute approximate surface area is 179 Å². The smallest absolute Gasteiger partial charge is 0.315 e. The summed E-state index contributed by atoms with van der Waals surface area (Å²) in [5.74, 6) is -0.970. The van der Waals surface area contributed by atoms with Gasteiger partial charge in [0.15, 0.2) is 0 Å². The molecule has 7 nitrogen and oxygen atoms in total. The van der Waals surface area contributed by atoms with Crippen molar-refractivity contribution < 1.29 is 18.8 Å². The third-order valence-corrected chi connectivity index (χ3v) is 5.60. The Balaban J connectivity index is 1.57. The first kappa shape index (κ1) is 20.6. The second-order valence-corrected chi connectivity index (χ2v) is 7.61. The summed E-state index contributed by atoms with van der Waals surface area (Å²) in [6.07, 6.45) is 2.42. The van der Waals surface area contributed by atoms with Crippen molar-refractivity contribution in [2.24, 2.45) is 0 Å². The molecule has 0 aliphatic carbocycles. The summed E-state index contributed by atoms with van der Waals surface area (Å²) >= 11 is 0. The van der Waals surface area contributed by atoms with Gasteiger partial charge in [0, 0.05) is 24.7 Å². The number of hydrogen-bond acceptors (Lipinski definition) is 3. The predicted octanol–water partition coefficient (Wildman–Crippen LogP) is 2.90. The number of piperidine rings is 1. The highest BCUT2D eigenvalue weighted by atomic mass is 19.1. The lowest BCUT2D eigenvalue weighted by Crippen LogP contribution is -2.56. The molecule has 0 spiro atoms. The van der Waals surface area contributed by atoms with E-state index in [-0.39, 0.29) is 29.7 Å². The molecule has 2 aliphatic heterocycles. The van der Waals surface area contributed by atoms with E-state index in [0.717, 1.165) is 0 Å². The first-order valence-electron chi connectivity index (χ1n) is 10.1. The van der Waals surface area contributed by atoms with Gasteiger partial charge in [-0.25, -0.2) is 9.18 Å². The molecule has 4 rings (SSSR count). The lowest BCUT2D eigenvalue weighted by molar-refractivity contribution is -0.121. The molecule has 1 fully saturated rings. The van der Waals surface area contributed by atoms with Crippen LogP contribution in [0.25, 0.3) is 11.1 Å². The number of carbonyl (C=O) groups excluding carboxylic acids is 3. The van der Waals surface area contributed by atoms with Gasteiger partial charge in [-0.15, -0.1) is 6.58 Å². The molecule has 4 amide bonds. The molecule has 8 heteroatoms. The molecule has 0 aromatic heterocycles. The molecular formula is C23H23FN4O3. The SMILES string of the molecule is C=CCNC(=O)N[C@H]1CCN2C(=O)c3cc(-c4ccccc4F)ccc3NC(=O)[C@@H]2C1. The van der Waals surface area contributed by atoms with Crippen LogP contribution in [-0.4, -0.2) is 47.9 Å². The van der Waals surface area contributed by atoms with Crippen LogP contribution >= 0.6 is 0 Å². The lowest BCUT2D eigenvalue weighted by atomic mass is 9.96. The molecule has 2 aromatic carbocycles. The molecule has 3 N–H and O–H groups in total. The maximum atomic E-state index is 14.2. The van der Waals surface area contributed by atoms with Crippen molar-refractivity contribution in [1.29, 1.82) is 0 Å². The third kappa shape index (κ3) is 4.14. The minimum absolute atomic E-state index is 0.236. The van der Waals surface area contributed by atoms with Gasteiger partial charge in [0.05, 0.1) is 11.3 Å². The molecule has 2 heterocycles. The Bertz CT molecular complexity index is 1050. The van der Waals surface area contributed by atoms with Gasteiger partial charge in [-0.05, 0) is 36.6 Å². The van der Waals surface area contributed by atoms with E-state index in [4.69, 9.17) is 0 Å². The minimum atomic E-state index is -0.699. The first-order chi connectivity index (χ1) is 15.0. The average Bonchev–Trinajstić information content (AvgIpc) is 2.87. The molecule has 2 aromatic rings. The van der Waals surface area contributed by atoms with Crippen LogP contribution in [0.2, 0.25) is 0 Å². The van der Waals surface area contributed by atoms with E-state index in [1.165, 1.54) is 11.0 Å². The molecule has 2 atom stereocenters. The van der Waals surface area contributed by atoms with E-state index >= 15 is 0 Å². The number of halogens is 1. The Morgan fingerprint density at radius 3 is 2.81 bits per heavy atom. The summed E-state index contributed by atoms with van der Waals surface area (Å²) < 4.78 is 14.2. The zero-order valence-electron chi connectivity index (χ0n) is 16.9. The van der Waals surface area contributed by atoms with Gasteiger partial charge in [-0.1, -0.05) is 30.3 Å². The number of amides is 4. The number of rotatable bonds is 4. The molecule has 160 valence electrons. The highest BCUT2D eigenvalue weighted by Gasteiger charge is 2.40. The van der Waals surface area contributed by atoms with Crippen LogP contribution in [0.3, 0.4) is 0 Å². The molecule has 0 saturated carbocycles. The minimum Gasteiger partial charge on any atom is -0.335 e. The lowest BCUT2D eigenvalue weighted by Gasteiger charge is -2.37. The van der Waals surface area contributed by atoms with Crippen molar-refractivity contribution in [1.82, 2.24) is 15.5 Å². The van der Waals surface area contributed by atoms with Gasteiger partial charge in [0.25, 0.3) is 5.91 Å². The van der Waals surface area contributed by atoms with Gasteiger partial charge in [0.2, 0.25) is 5.91 Å².